The highest BCUT2D eigenvalue weighted by Crippen LogP contribution is 2.41. The van der Waals surface area contributed by atoms with Gasteiger partial charge >= 0.3 is 0 Å². The highest BCUT2D eigenvalue weighted by atomic mass is 16.5. The van der Waals surface area contributed by atoms with Gasteiger partial charge in [-0.15, -0.1) is 0 Å². The van der Waals surface area contributed by atoms with E-state index in [1.54, 1.807) is 0 Å². The van der Waals surface area contributed by atoms with Crippen LogP contribution in [-0.2, 0) is 21.4 Å². The van der Waals surface area contributed by atoms with Gasteiger partial charge in [0.2, 0.25) is 5.91 Å². The molecule has 5 rings (SSSR count). The van der Waals surface area contributed by atoms with Gasteiger partial charge in [-0.1, -0.05) is 49.1 Å². The van der Waals surface area contributed by atoms with Crippen LogP contribution in [0.1, 0.15) is 48.9 Å². The maximum atomic E-state index is 14.1. The Balaban J connectivity index is 1.40. The summed E-state index contributed by atoms with van der Waals surface area (Å²) < 4.78 is 8.07. The van der Waals surface area contributed by atoms with Gasteiger partial charge in [0, 0.05) is 37.6 Å². The molecule has 0 unspecified atom stereocenters. The van der Waals surface area contributed by atoms with Gasteiger partial charge < -0.3 is 14.0 Å². The van der Waals surface area contributed by atoms with Crippen LogP contribution in [0, 0.1) is 12.8 Å². The Morgan fingerprint density at radius 1 is 1.12 bits per heavy atom. The molecule has 32 heavy (non-hydrogen) atoms. The molecule has 1 saturated carbocycles. The molecular formula is C27H33N3O2. The summed E-state index contributed by atoms with van der Waals surface area (Å²) in [6.45, 7) is 4.79. The molecule has 1 atom stereocenters. The third-order valence-electron chi connectivity index (χ3n) is 7.36. The van der Waals surface area contributed by atoms with Crippen LogP contribution in [0.15, 0.2) is 55.0 Å². The second-order valence-electron chi connectivity index (χ2n) is 9.58. The third-order valence-corrected chi connectivity index (χ3v) is 7.36. The molecule has 5 nitrogen and oxygen atoms in total. The van der Waals surface area contributed by atoms with Crippen LogP contribution in [0.3, 0.4) is 0 Å². The van der Waals surface area contributed by atoms with Crippen molar-refractivity contribution < 1.29 is 9.53 Å². The van der Waals surface area contributed by atoms with Crippen LogP contribution in [0.25, 0.3) is 5.52 Å². The van der Waals surface area contributed by atoms with Crippen molar-refractivity contribution in [1.29, 1.82) is 0 Å². The minimum Gasteiger partial charge on any atom is -0.379 e. The summed E-state index contributed by atoms with van der Waals surface area (Å²) in [6.07, 6.45) is 12.1. The fourth-order valence-corrected chi connectivity index (χ4v) is 5.61. The Morgan fingerprint density at radius 2 is 1.94 bits per heavy atom. The number of benzene rings is 1. The number of aromatic nitrogens is 2. The fourth-order valence-electron chi connectivity index (χ4n) is 5.61. The van der Waals surface area contributed by atoms with Gasteiger partial charge in [0.1, 0.15) is 0 Å². The first-order valence-electron chi connectivity index (χ1n) is 12.0. The minimum absolute atomic E-state index is 0.244. The van der Waals surface area contributed by atoms with Crippen molar-refractivity contribution in [1.82, 2.24) is 14.3 Å². The van der Waals surface area contributed by atoms with E-state index in [1.165, 1.54) is 17.5 Å². The normalized spacial score (nSPS) is 21.4. The predicted molar refractivity (Wildman–Crippen MR) is 126 cm³/mol. The zero-order valence-corrected chi connectivity index (χ0v) is 19.0. The minimum atomic E-state index is -0.388. The highest BCUT2D eigenvalue weighted by molar-refractivity contribution is 5.88. The van der Waals surface area contributed by atoms with Crippen LogP contribution in [-0.4, -0.2) is 46.5 Å². The number of hydrogen-bond acceptors (Lipinski definition) is 3. The Kier molecular flexibility index (Phi) is 6.01. The number of fused-ring (bicyclic) bond motifs is 1. The molecule has 3 heterocycles. The van der Waals surface area contributed by atoms with Crippen LogP contribution in [0.4, 0.5) is 0 Å². The molecule has 3 aromatic rings. The molecule has 1 aliphatic carbocycles. The Hall–Kier alpha value is -2.66. The fraction of sp³-hybridized carbons (Fsp3) is 0.481. The number of carbonyl (C=O) groups is 1. The zero-order chi connectivity index (χ0) is 22.0. The van der Waals surface area contributed by atoms with E-state index in [4.69, 9.17) is 4.74 Å². The van der Waals surface area contributed by atoms with E-state index in [2.05, 4.69) is 51.5 Å². The van der Waals surface area contributed by atoms with E-state index >= 15 is 0 Å². The summed E-state index contributed by atoms with van der Waals surface area (Å²) in [4.78, 5) is 20.9. The van der Waals surface area contributed by atoms with Gasteiger partial charge in [-0.25, -0.2) is 0 Å². The van der Waals surface area contributed by atoms with Crippen molar-refractivity contribution in [2.45, 2.75) is 50.9 Å². The molecule has 0 N–H and O–H groups in total. The molecule has 1 amide bonds. The van der Waals surface area contributed by atoms with E-state index in [0.29, 0.717) is 25.7 Å². The lowest BCUT2D eigenvalue weighted by atomic mass is 9.68. The van der Waals surface area contributed by atoms with Crippen molar-refractivity contribution in [3.8, 4) is 0 Å². The summed E-state index contributed by atoms with van der Waals surface area (Å²) in [5.74, 6) is 0.541. The Labute approximate surface area is 190 Å². The van der Waals surface area contributed by atoms with Gasteiger partial charge in [-0.05, 0) is 43.9 Å². The summed E-state index contributed by atoms with van der Waals surface area (Å²) in [5, 5.41) is 0. The first-order chi connectivity index (χ1) is 15.7. The molecular weight excluding hydrogens is 398 g/mol. The first kappa shape index (κ1) is 21.2. The molecule has 0 bridgehead atoms. The standard InChI is InChI=1S/C27H33N3O2/c1-21-7-9-23(10-8-21)27(11-3-2-4-12-27)26(31)30-16-17-32-20-22(19-30)18-24-25-6-5-14-29(25)15-13-28-24/h5-10,13-15,22H,2-4,11-12,16-20H2,1H3/t22-/m1/s1. The van der Waals surface area contributed by atoms with Crippen molar-refractivity contribution in [3.63, 3.8) is 0 Å². The quantitative estimate of drug-likeness (QED) is 0.608. The van der Waals surface area contributed by atoms with Crippen LogP contribution < -0.4 is 0 Å². The van der Waals surface area contributed by atoms with Crippen molar-refractivity contribution in [2.75, 3.05) is 26.3 Å². The number of nitrogens with zero attached hydrogens (tertiary/aromatic N) is 3. The van der Waals surface area contributed by atoms with Crippen molar-refractivity contribution in [2.24, 2.45) is 5.92 Å². The smallest absolute Gasteiger partial charge is 0.233 e. The van der Waals surface area contributed by atoms with E-state index in [1.807, 2.05) is 24.7 Å². The molecule has 0 spiro atoms. The van der Waals surface area contributed by atoms with Gasteiger partial charge in [-0.2, -0.15) is 0 Å². The van der Waals surface area contributed by atoms with Crippen LogP contribution in [0.2, 0.25) is 0 Å². The number of ether oxygens (including phenoxy) is 1. The average Bonchev–Trinajstić information content (AvgIpc) is 3.19. The van der Waals surface area contributed by atoms with Gasteiger partial charge in [-0.3, -0.25) is 9.78 Å². The first-order valence-corrected chi connectivity index (χ1v) is 12.0. The van der Waals surface area contributed by atoms with Crippen LogP contribution in [0.5, 0.6) is 0 Å². The largest absolute Gasteiger partial charge is 0.379 e. The molecule has 2 fully saturated rings. The van der Waals surface area contributed by atoms with Crippen molar-refractivity contribution in [3.05, 3.63) is 71.8 Å². The maximum Gasteiger partial charge on any atom is 0.233 e. The van der Waals surface area contributed by atoms with E-state index in [-0.39, 0.29) is 11.3 Å². The summed E-state index contributed by atoms with van der Waals surface area (Å²) >= 11 is 0. The molecule has 168 valence electrons. The molecule has 0 radical (unpaired) electrons. The summed E-state index contributed by atoms with van der Waals surface area (Å²) in [5.41, 5.74) is 4.25. The monoisotopic (exact) mass is 431 g/mol. The topological polar surface area (TPSA) is 46.8 Å². The second-order valence-corrected chi connectivity index (χ2v) is 9.58. The molecule has 2 aliphatic rings. The summed E-state index contributed by atoms with van der Waals surface area (Å²) in [7, 11) is 0. The number of amides is 1. The highest BCUT2D eigenvalue weighted by Gasteiger charge is 2.44. The average molecular weight is 432 g/mol. The third kappa shape index (κ3) is 4.06. The Morgan fingerprint density at radius 3 is 2.75 bits per heavy atom. The molecule has 1 aromatic carbocycles. The summed E-state index contributed by atoms with van der Waals surface area (Å²) in [6, 6.07) is 12.8. The van der Waals surface area contributed by atoms with E-state index in [9.17, 15) is 4.79 Å². The van der Waals surface area contributed by atoms with Gasteiger partial charge in [0.25, 0.3) is 0 Å². The predicted octanol–water partition coefficient (Wildman–Crippen LogP) is 4.56. The molecule has 2 aromatic heterocycles. The number of aryl methyl sites for hydroxylation is 1. The van der Waals surface area contributed by atoms with E-state index in [0.717, 1.165) is 49.9 Å². The zero-order valence-electron chi connectivity index (χ0n) is 19.0. The Bertz CT molecular complexity index is 1070. The lowest BCUT2D eigenvalue weighted by Gasteiger charge is -2.40. The molecule has 1 saturated heterocycles. The van der Waals surface area contributed by atoms with Gasteiger partial charge in [0.05, 0.1) is 29.8 Å². The molecule has 1 aliphatic heterocycles. The lowest BCUT2D eigenvalue weighted by molar-refractivity contribution is -0.139. The number of hydrogen-bond donors (Lipinski definition) is 0. The lowest BCUT2D eigenvalue weighted by Crippen LogP contribution is -2.50. The maximum absolute atomic E-state index is 14.1. The van der Waals surface area contributed by atoms with Crippen LogP contribution >= 0.6 is 0 Å². The van der Waals surface area contributed by atoms with Crippen molar-refractivity contribution >= 4 is 11.4 Å². The number of rotatable bonds is 4. The molecule has 5 heteroatoms. The second kappa shape index (κ2) is 9.07. The number of carbonyl (C=O) groups excluding carboxylic acids is 1. The SMILES string of the molecule is Cc1ccc(C2(C(=O)N3CCOC[C@H](Cc4nccn5cccc45)C3)CCCCC2)cc1. The van der Waals surface area contributed by atoms with E-state index < -0.39 is 0 Å². The van der Waals surface area contributed by atoms with Gasteiger partial charge in [0.15, 0.2) is 0 Å².